The first kappa shape index (κ1) is 17.2. The number of rotatable bonds is 6. The first-order chi connectivity index (χ1) is 9.25. The molecule has 1 heterocycles. The molecule has 0 amide bonds. The van der Waals surface area contributed by atoms with Gasteiger partial charge in [0.25, 0.3) is 0 Å². The van der Waals surface area contributed by atoms with Crippen LogP contribution in [0.25, 0.3) is 0 Å². The minimum atomic E-state index is -0.644. The summed E-state index contributed by atoms with van der Waals surface area (Å²) in [6, 6.07) is 0. The van der Waals surface area contributed by atoms with Crippen molar-refractivity contribution in [2.75, 3.05) is 7.11 Å². The number of carbonyl (C=O) groups is 1. The Hall–Kier alpha value is -0.805. The van der Waals surface area contributed by atoms with Gasteiger partial charge in [0, 0.05) is 0 Å². The fraction of sp³-hybridized carbons (Fsp3) is 0.800. The third-order valence-corrected chi connectivity index (χ3v) is 4.10. The van der Waals surface area contributed by atoms with Gasteiger partial charge in [-0.1, -0.05) is 25.8 Å². The number of unbranched alkanes of at least 4 members (excludes halogenated alkanes) is 3. The van der Waals surface area contributed by atoms with Gasteiger partial charge in [-0.25, -0.2) is 4.79 Å². The smallest absolute Gasteiger partial charge is 0.466 e. The quantitative estimate of drug-likeness (QED) is 0.324. The molecule has 1 aliphatic heterocycles. The molecule has 0 unspecified atom stereocenters. The van der Waals surface area contributed by atoms with Gasteiger partial charge in [0.2, 0.25) is 0 Å². The van der Waals surface area contributed by atoms with Gasteiger partial charge in [-0.05, 0) is 40.5 Å². The molecular formula is C15H27BO4. The van der Waals surface area contributed by atoms with Crippen LogP contribution in [0.4, 0.5) is 0 Å². The molecule has 20 heavy (non-hydrogen) atoms. The van der Waals surface area contributed by atoms with Crippen molar-refractivity contribution in [3.63, 3.8) is 0 Å². The van der Waals surface area contributed by atoms with E-state index >= 15 is 0 Å². The van der Waals surface area contributed by atoms with Gasteiger partial charge < -0.3 is 14.0 Å². The molecule has 0 saturated carbocycles. The SMILES string of the molecule is CCCCC/C=C(/B1OC(C)(C)C(C)(C)O1)C(=O)OC. The summed E-state index contributed by atoms with van der Waals surface area (Å²) < 4.78 is 16.7. The van der Waals surface area contributed by atoms with Crippen molar-refractivity contribution >= 4 is 13.1 Å². The lowest BCUT2D eigenvalue weighted by molar-refractivity contribution is -0.135. The van der Waals surface area contributed by atoms with Crippen molar-refractivity contribution in [2.24, 2.45) is 0 Å². The third kappa shape index (κ3) is 3.86. The average Bonchev–Trinajstić information content (AvgIpc) is 2.57. The Labute approximate surface area is 123 Å². The second-order valence-corrected chi connectivity index (χ2v) is 6.24. The van der Waals surface area contributed by atoms with Gasteiger partial charge >= 0.3 is 13.1 Å². The number of allylic oxidation sites excluding steroid dienone is 1. The number of hydrogen-bond acceptors (Lipinski definition) is 4. The van der Waals surface area contributed by atoms with Crippen LogP contribution in [-0.2, 0) is 18.8 Å². The fourth-order valence-electron chi connectivity index (χ4n) is 2.02. The van der Waals surface area contributed by atoms with E-state index in [1.807, 2.05) is 33.8 Å². The molecule has 0 aromatic rings. The summed E-state index contributed by atoms with van der Waals surface area (Å²) in [6.07, 6.45) is 6.08. The molecule has 0 aliphatic carbocycles. The lowest BCUT2D eigenvalue weighted by Gasteiger charge is -2.32. The van der Waals surface area contributed by atoms with Crippen molar-refractivity contribution in [1.29, 1.82) is 0 Å². The van der Waals surface area contributed by atoms with E-state index in [0.29, 0.717) is 5.47 Å². The van der Waals surface area contributed by atoms with Crippen molar-refractivity contribution in [1.82, 2.24) is 0 Å². The second-order valence-electron chi connectivity index (χ2n) is 6.24. The van der Waals surface area contributed by atoms with Gasteiger partial charge in [-0.3, -0.25) is 0 Å². The topological polar surface area (TPSA) is 44.8 Å². The Balaban J connectivity index is 2.83. The monoisotopic (exact) mass is 282 g/mol. The van der Waals surface area contributed by atoms with Crippen LogP contribution in [0, 0.1) is 0 Å². The van der Waals surface area contributed by atoms with E-state index in [4.69, 9.17) is 14.0 Å². The number of ether oxygens (including phenoxy) is 1. The molecule has 4 nitrogen and oxygen atoms in total. The highest BCUT2D eigenvalue weighted by molar-refractivity contribution is 6.61. The van der Waals surface area contributed by atoms with Crippen molar-refractivity contribution in [3.05, 3.63) is 11.5 Å². The lowest BCUT2D eigenvalue weighted by Crippen LogP contribution is -2.41. The minimum absolute atomic E-state index is 0.375. The molecule has 1 aliphatic rings. The van der Waals surface area contributed by atoms with Crippen LogP contribution < -0.4 is 0 Å². The molecule has 0 bridgehead atoms. The Morgan fingerprint density at radius 2 is 1.70 bits per heavy atom. The van der Waals surface area contributed by atoms with E-state index in [0.717, 1.165) is 25.7 Å². The largest absolute Gasteiger partial charge is 0.502 e. The van der Waals surface area contributed by atoms with Gasteiger partial charge in [-0.2, -0.15) is 0 Å². The normalized spacial score (nSPS) is 21.1. The maximum absolute atomic E-state index is 11.9. The van der Waals surface area contributed by atoms with Crippen molar-refractivity contribution < 1.29 is 18.8 Å². The first-order valence-electron chi connectivity index (χ1n) is 7.39. The standard InChI is InChI=1S/C15H27BO4/c1-7-8-9-10-11-12(13(17)18-6)16-19-14(2,3)15(4,5)20-16/h11H,7-10H2,1-6H3/b12-11+. The van der Waals surface area contributed by atoms with E-state index in [2.05, 4.69) is 6.92 Å². The lowest BCUT2D eigenvalue weighted by atomic mass is 9.77. The van der Waals surface area contributed by atoms with Crippen LogP contribution in [0.5, 0.6) is 0 Å². The van der Waals surface area contributed by atoms with Crippen LogP contribution in [0.15, 0.2) is 11.5 Å². The summed E-state index contributed by atoms with van der Waals surface area (Å²) in [6.45, 7) is 10.0. The average molecular weight is 282 g/mol. The van der Waals surface area contributed by atoms with Gasteiger partial charge in [0.05, 0.1) is 23.8 Å². The number of esters is 1. The highest BCUT2D eigenvalue weighted by atomic mass is 16.7. The van der Waals surface area contributed by atoms with Crippen LogP contribution in [0.3, 0.4) is 0 Å². The molecule has 0 spiro atoms. The summed E-state index contributed by atoms with van der Waals surface area (Å²) in [4.78, 5) is 11.9. The number of methoxy groups -OCH3 is 1. The predicted molar refractivity (Wildman–Crippen MR) is 80.3 cm³/mol. The van der Waals surface area contributed by atoms with E-state index in [1.165, 1.54) is 7.11 Å². The molecule has 1 fully saturated rings. The van der Waals surface area contributed by atoms with Gasteiger partial charge in [0.15, 0.2) is 0 Å². The molecule has 0 atom stereocenters. The maximum atomic E-state index is 11.9. The minimum Gasteiger partial charge on any atom is -0.466 e. The van der Waals surface area contributed by atoms with E-state index in [-0.39, 0.29) is 5.97 Å². The van der Waals surface area contributed by atoms with E-state index in [9.17, 15) is 4.79 Å². The fourth-order valence-corrected chi connectivity index (χ4v) is 2.02. The Morgan fingerprint density at radius 1 is 1.15 bits per heavy atom. The molecule has 0 aromatic carbocycles. The summed E-state index contributed by atoms with van der Waals surface area (Å²) in [5, 5.41) is 0. The second kappa shape index (κ2) is 6.77. The summed E-state index contributed by atoms with van der Waals surface area (Å²) in [7, 11) is 0.738. The molecular weight excluding hydrogens is 255 g/mol. The molecule has 1 saturated heterocycles. The van der Waals surface area contributed by atoms with Crippen LogP contribution in [0.1, 0.15) is 60.3 Å². The molecule has 0 aromatic heterocycles. The molecule has 1 rings (SSSR count). The van der Waals surface area contributed by atoms with Gasteiger partial charge in [0.1, 0.15) is 0 Å². The third-order valence-electron chi connectivity index (χ3n) is 4.10. The molecule has 5 heteroatoms. The van der Waals surface area contributed by atoms with Gasteiger partial charge in [-0.15, -0.1) is 0 Å². The highest BCUT2D eigenvalue weighted by Crippen LogP contribution is 2.38. The van der Waals surface area contributed by atoms with Crippen molar-refractivity contribution in [3.8, 4) is 0 Å². The zero-order valence-corrected chi connectivity index (χ0v) is 13.6. The summed E-state index contributed by atoms with van der Waals surface area (Å²) in [5.74, 6) is -0.375. The highest BCUT2D eigenvalue weighted by Gasteiger charge is 2.53. The predicted octanol–water partition coefficient (Wildman–Crippen LogP) is 3.30. The Bertz CT molecular complexity index is 358. The number of hydrogen-bond donors (Lipinski definition) is 0. The van der Waals surface area contributed by atoms with E-state index < -0.39 is 18.3 Å². The maximum Gasteiger partial charge on any atom is 0.502 e. The molecule has 0 radical (unpaired) electrons. The Morgan fingerprint density at radius 3 is 2.15 bits per heavy atom. The zero-order chi connectivity index (χ0) is 15.4. The van der Waals surface area contributed by atoms with E-state index in [1.54, 1.807) is 0 Å². The summed E-state index contributed by atoms with van der Waals surface area (Å²) >= 11 is 0. The van der Waals surface area contributed by atoms with Crippen LogP contribution in [0.2, 0.25) is 0 Å². The van der Waals surface area contributed by atoms with Crippen LogP contribution in [-0.4, -0.2) is 31.4 Å². The Kier molecular flexibility index (Phi) is 5.84. The van der Waals surface area contributed by atoms with Crippen molar-refractivity contribution in [2.45, 2.75) is 71.5 Å². The molecule has 114 valence electrons. The summed E-state index contributed by atoms with van der Waals surface area (Å²) in [5.41, 5.74) is -0.426. The zero-order valence-electron chi connectivity index (χ0n) is 13.6. The van der Waals surface area contributed by atoms with Crippen LogP contribution >= 0.6 is 0 Å². The first-order valence-corrected chi connectivity index (χ1v) is 7.39. The molecule has 0 N–H and O–H groups in total. The number of carbonyl (C=O) groups excluding carboxylic acids is 1.